The smallest absolute Gasteiger partial charge is 0.365 e. The van der Waals surface area contributed by atoms with Crippen LogP contribution in [0.5, 0.6) is 0 Å². The molecule has 7 heteroatoms. The molecule has 0 bridgehead atoms. The lowest BCUT2D eigenvalue weighted by atomic mass is 10.0. The first-order chi connectivity index (χ1) is 12.9. The highest BCUT2D eigenvalue weighted by molar-refractivity contribution is 6.30. The van der Waals surface area contributed by atoms with Crippen molar-refractivity contribution in [3.8, 4) is 11.4 Å². The number of alkyl halides is 3. The van der Waals surface area contributed by atoms with E-state index in [4.69, 9.17) is 11.6 Å². The van der Waals surface area contributed by atoms with E-state index in [0.717, 1.165) is 23.9 Å². The van der Waals surface area contributed by atoms with Gasteiger partial charge >= 0.3 is 6.18 Å². The lowest BCUT2D eigenvalue weighted by Crippen LogP contribution is -2.31. The molecule has 0 fully saturated rings. The van der Waals surface area contributed by atoms with E-state index in [1.807, 2.05) is 30.3 Å². The third-order valence-corrected chi connectivity index (χ3v) is 4.92. The van der Waals surface area contributed by atoms with Crippen molar-refractivity contribution in [2.75, 3.05) is 11.4 Å². The van der Waals surface area contributed by atoms with Gasteiger partial charge in [0.05, 0.1) is 17.8 Å². The van der Waals surface area contributed by atoms with E-state index in [1.54, 1.807) is 0 Å². The first-order valence-electron chi connectivity index (χ1n) is 8.45. The highest BCUT2D eigenvalue weighted by Crippen LogP contribution is 2.37. The first kappa shape index (κ1) is 17.8. The molecule has 1 aliphatic heterocycles. The second kappa shape index (κ2) is 6.85. The number of rotatable bonds is 2. The molecule has 1 aromatic heterocycles. The molecule has 0 saturated heterocycles. The van der Waals surface area contributed by atoms with Crippen LogP contribution in [-0.4, -0.2) is 16.5 Å². The summed E-state index contributed by atoms with van der Waals surface area (Å²) >= 11 is 6.31. The number of anilines is 1. The van der Waals surface area contributed by atoms with Crippen LogP contribution >= 0.6 is 11.6 Å². The van der Waals surface area contributed by atoms with Crippen molar-refractivity contribution >= 4 is 17.3 Å². The number of hydrogen-bond acceptors (Lipinski definition) is 3. The Kier molecular flexibility index (Phi) is 4.52. The normalized spacial score (nSPS) is 14.1. The molecule has 3 nitrogen and oxygen atoms in total. The fourth-order valence-corrected chi connectivity index (χ4v) is 3.57. The van der Waals surface area contributed by atoms with Gasteiger partial charge in [-0.2, -0.15) is 13.2 Å². The Morgan fingerprint density at radius 1 is 0.926 bits per heavy atom. The van der Waals surface area contributed by atoms with Crippen LogP contribution in [0.2, 0.25) is 5.15 Å². The maximum absolute atomic E-state index is 13.4. The maximum Gasteiger partial charge on any atom is 0.417 e. The van der Waals surface area contributed by atoms with Crippen molar-refractivity contribution in [2.45, 2.75) is 19.1 Å². The Bertz CT molecular complexity index is 974. The van der Waals surface area contributed by atoms with Crippen molar-refractivity contribution in [1.29, 1.82) is 0 Å². The Morgan fingerprint density at radius 3 is 2.37 bits per heavy atom. The molecule has 0 unspecified atom stereocenters. The predicted molar refractivity (Wildman–Crippen MR) is 98.7 cm³/mol. The van der Waals surface area contributed by atoms with Gasteiger partial charge in [-0.3, -0.25) is 0 Å². The number of hydrogen-bond donors (Lipinski definition) is 0. The lowest BCUT2D eigenvalue weighted by Gasteiger charge is -2.30. The zero-order valence-corrected chi connectivity index (χ0v) is 14.9. The minimum absolute atomic E-state index is 0.00147. The Morgan fingerprint density at radius 2 is 1.63 bits per heavy atom. The summed E-state index contributed by atoms with van der Waals surface area (Å²) in [5.41, 5.74) is 1.67. The summed E-state index contributed by atoms with van der Waals surface area (Å²) in [5.74, 6) is 0.00147. The van der Waals surface area contributed by atoms with Crippen LogP contribution in [0.1, 0.15) is 16.8 Å². The summed E-state index contributed by atoms with van der Waals surface area (Å²) in [6, 6.07) is 15.1. The van der Waals surface area contributed by atoms with Crippen LogP contribution in [0.3, 0.4) is 0 Å². The van der Waals surface area contributed by atoms with E-state index >= 15 is 0 Å². The minimum Gasteiger partial charge on any atom is -0.365 e. The first-order valence-corrected chi connectivity index (χ1v) is 8.83. The largest absolute Gasteiger partial charge is 0.417 e. The van der Waals surface area contributed by atoms with Gasteiger partial charge in [-0.05, 0) is 24.6 Å². The summed E-state index contributed by atoms with van der Waals surface area (Å²) in [6.45, 7) is 1.22. The molecule has 4 rings (SSSR count). The van der Waals surface area contributed by atoms with Gasteiger partial charge in [0.2, 0.25) is 0 Å². The van der Waals surface area contributed by atoms with Crippen molar-refractivity contribution in [3.63, 3.8) is 0 Å². The van der Waals surface area contributed by atoms with Crippen molar-refractivity contribution in [1.82, 2.24) is 9.97 Å². The lowest BCUT2D eigenvalue weighted by molar-refractivity contribution is -0.137. The fraction of sp³-hybridized carbons (Fsp3) is 0.200. The maximum atomic E-state index is 13.4. The summed E-state index contributed by atoms with van der Waals surface area (Å²) in [5, 5.41) is 0.222. The second-order valence-corrected chi connectivity index (χ2v) is 6.67. The molecule has 0 spiro atoms. The summed E-state index contributed by atoms with van der Waals surface area (Å²) in [4.78, 5) is 10.8. The highest BCUT2D eigenvalue weighted by Gasteiger charge is 2.34. The monoisotopic (exact) mass is 389 g/mol. The number of fused-ring (bicyclic) bond motifs is 1. The Balaban J connectivity index is 1.76. The van der Waals surface area contributed by atoms with Gasteiger partial charge in [-0.1, -0.05) is 48.0 Å². The average molecular weight is 390 g/mol. The van der Waals surface area contributed by atoms with Gasteiger partial charge in [-0.15, -0.1) is 0 Å². The van der Waals surface area contributed by atoms with Crippen LogP contribution in [0.25, 0.3) is 11.4 Å². The van der Waals surface area contributed by atoms with Crippen LogP contribution in [0, 0.1) is 0 Å². The van der Waals surface area contributed by atoms with Gasteiger partial charge in [0, 0.05) is 23.4 Å². The van der Waals surface area contributed by atoms with Gasteiger partial charge in [0.15, 0.2) is 5.82 Å². The number of halogens is 4. The number of benzene rings is 2. The SMILES string of the molecule is FC(F)(F)c1ccccc1-c1nc(Cl)c2c(n1)CN(c1ccccc1)CC2. The molecule has 3 aromatic rings. The number of nitrogens with zero attached hydrogens (tertiary/aromatic N) is 3. The van der Waals surface area contributed by atoms with Crippen LogP contribution in [0.4, 0.5) is 18.9 Å². The van der Waals surface area contributed by atoms with E-state index in [1.165, 1.54) is 18.2 Å². The highest BCUT2D eigenvalue weighted by atomic mass is 35.5. The zero-order chi connectivity index (χ0) is 19.0. The molecule has 0 saturated carbocycles. The standard InChI is InChI=1S/C20H15ClF3N3/c21-18-15-10-11-27(13-6-2-1-3-7-13)12-17(15)25-19(26-18)14-8-4-5-9-16(14)20(22,23)24/h1-9H,10-12H2. The summed E-state index contributed by atoms with van der Waals surface area (Å²) < 4.78 is 40.1. The van der Waals surface area contributed by atoms with Gasteiger partial charge in [0.25, 0.3) is 0 Å². The van der Waals surface area contributed by atoms with Crippen molar-refractivity contribution in [3.05, 3.63) is 76.6 Å². The fourth-order valence-electron chi connectivity index (χ4n) is 3.29. The molecule has 138 valence electrons. The molecule has 0 atom stereocenters. The third kappa shape index (κ3) is 3.49. The van der Waals surface area contributed by atoms with Gasteiger partial charge in [-0.25, -0.2) is 9.97 Å². The van der Waals surface area contributed by atoms with E-state index in [-0.39, 0.29) is 16.5 Å². The number of para-hydroxylation sites is 1. The van der Waals surface area contributed by atoms with E-state index < -0.39 is 11.7 Å². The summed E-state index contributed by atoms with van der Waals surface area (Å²) in [7, 11) is 0. The number of aromatic nitrogens is 2. The second-order valence-electron chi connectivity index (χ2n) is 6.31. The van der Waals surface area contributed by atoms with Crippen molar-refractivity contribution < 1.29 is 13.2 Å². The molecule has 27 heavy (non-hydrogen) atoms. The molecule has 0 amide bonds. The third-order valence-electron chi connectivity index (χ3n) is 4.61. The molecule has 2 aromatic carbocycles. The average Bonchev–Trinajstić information content (AvgIpc) is 2.67. The predicted octanol–water partition coefficient (Wildman–Crippen LogP) is 5.38. The Hall–Kier alpha value is -2.60. The summed E-state index contributed by atoms with van der Waals surface area (Å²) in [6.07, 6.45) is -3.84. The van der Waals surface area contributed by atoms with Crippen LogP contribution < -0.4 is 4.90 Å². The van der Waals surface area contributed by atoms with E-state index in [0.29, 0.717) is 18.7 Å². The molecular weight excluding hydrogens is 375 g/mol. The quantitative estimate of drug-likeness (QED) is 0.551. The molecule has 2 heterocycles. The van der Waals surface area contributed by atoms with E-state index in [9.17, 15) is 13.2 Å². The molecule has 0 radical (unpaired) electrons. The van der Waals surface area contributed by atoms with Gasteiger partial charge < -0.3 is 4.90 Å². The molecule has 1 aliphatic rings. The topological polar surface area (TPSA) is 29.0 Å². The zero-order valence-electron chi connectivity index (χ0n) is 14.2. The van der Waals surface area contributed by atoms with Gasteiger partial charge in [0.1, 0.15) is 5.15 Å². The minimum atomic E-state index is -4.49. The molecular formula is C20H15ClF3N3. The van der Waals surface area contributed by atoms with E-state index in [2.05, 4.69) is 14.9 Å². The van der Waals surface area contributed by atoms with Crippen molar-refractivity contribution in [2.24, 2.45) is 0 Å². The molecule has 0 aliphatic carbocycles. The Labute approximate surface area is 159 Å². The molecule has 0 N–H and O–H groups in total. The van der Waals surface area contributed by atoms with Crippen LogP contribution in [0.15, 0.2) is 54.6 Å². The van der Waals surface area contributed by atoms with Crippen LogP contribution in [-0.2, 0) is 19.1 Å².